The van der Waals surface area contributed by atoms with E-state index in [4.69, 9.17) is 4.74 Å². The van der Waals surface area contributed by atoms with Gasteiger partial charge in [-0.05, 0) is 36.6 Å². The highest BCUT2D eigenvalue weighted by Crippen LogP contribution is 2.23. The molecule has 0 saturated heterocycles. The third-order valence-corrected chi connectivity index (χ3v) is 3.44. The minimum absolute atomic E-state index is 0.220. The minimum Gasteiger partial charge on any atom is -0.489 e. The first-order valence-electron chi connectivity index (χ1n) is 7.00. The van der Waals surface area contributed by atoms with E-state index in [0.717, 1.165) is 17.9 Å². The molecule has 0 heterocycles. The van der Waals surface area contributed by atoms with Gasteiger partial charge in [-0.25, -0.2) is 4.39 Å². The van der Waals surface area contributed by atoms with Crippen LogP contribution < -0.4 is 10.1 Å². The molecule has 0 atom stereocenters. The Morgan fingerprint density at radius 1 is 1.05 bits per heavy atom. The molecule has 2 aromatic rings. The van der Waals surface area contributed by atoms with E-state index in [2.05, 4.69) is 11.4 Å². The van der Waals surface area contributed by atoms with Crippen LogP contribution in [-0.2, 0) is 13.2 Å². The molecule has 0 aromatic heterocycles. The lowest BCUT2D eigenvalue weighted by Gasteiger charge is -2.12. The van der Waals surface area contributed by atoms with Crippen LogP contribution in [0.4, 0.5) is 4.39 Å². The van der Waals surface area contributed by atoms with Gasteiger partial charge in [0.25, 0.3) is 0 Å². The van der Waals surface area contributed by atoms with E-state index in [1.165, 1.54) is 30.5 Å². The number of hydrogen-bond acceptors (Lipinski definition) is 2. The summed E-state index contributed by atoms with van der Waals surface area (Å²) in [6.07, 6.45) is 2.55. The van der Waals surface area contributed by atoms with Gasteiger partial charge in [0.05, 0.1) is 0 Å². The summed E-state index contributed by atoms with van der Waals surface area (Å²) >= 11 is 0. The molecule has 1 fully saturated rings. The topological polar surface area (TPSA) is 21.3 Å². The standard InChI is InChI=1S/C17H18FNO/c18-15-7-5-13(6-8-15)12-20-17-4-2-1-3-14(17)11-19-16-9-10-16/h1-8,16,19H,9-12H2. The highest BCUT2D eigenvalue weighted by Gasteiger charge is 2.20. The quantitative estimate of drug-likeness (QED) is 0.865. The van der Waals surface area contributed by atoms with E-state index in [0.29, 0.717) is 12.6 Å². The third-order valence-electron chi connectivity index (χ3n) is 3.44. The van der Waals surface area contributed by atoms with Crippen LogP contribution in [0.1, 0.15) is 24.0 Å². The molecule has 0 bridgehead atoms. The summed E-state index contributed by atoms with van der Waals surface area (Å²) in [5.41, 5.74) is 2.14. The minimum atomic E-state index is -0.220. The van der Waals surface area contributed by atoms with E-state index in [1.54, 1.807) is 12.1 Å². The van der Waals surface area contributed by atoms with Crippen LogP contribution in [0, 0.1) is 5.82 Å². The third kappa shape index (κ3) is 3.58. The summed E-state index contributed by atoms with van der Waals surface area (Å²) in [6.45, 7) is 1.30. The Bertz CT molecular complexity index is 563. The van der Waals surface area contributed by atoms with Crippen molar-refractivity contribution in [3.63, 3.8) is 0 Å². The predicted octanol–water partition coefficient (Wildman–Crippen LogP) is 3.66. The van der Waals surface area contributed by atoms with Crippen molar-refractivity contribution >= 4 is 0 Å². The second kappa shape index (κ2) is 6.06. The van der Waals surface area contributed by atoms with Crippen molar-refractivity contribution in [2.45, 2.75) is 32.0 Å². The number of ether oxygens (including phenoxy) is 1. The SMILES string of the molecule is Fc1ccc(COc2ccccc2CNC2CC2)cc1. The molecule has 0 unspecified atom stereocenters. The van der Waals surface area contributed by atoms with Crippen molar-refractivity contribution in [1.29, 1.82) is 0 Å². The average molecular weight is 271 g/mol. The lowest BCUT2D eigenvalue weighted by atomic mass is 10.2. The van der Waals surface area contributed by atoms with Crippen LogP contribution in [-0.4, -0.2) is 6.04 Å². The zero-order chi connectivity index (χ0) is 13.8. The Morgan fingerprint density at radius 2 is 1.80 bits per heavy atom. The lowest BCUT2D eigenvalue weighted by Crippen LogP contribution is -2.16. The van der Waals surface area contributed by atoms with Gasteiger partial charge in [0.2, 0.25) is 0 Å². The van der Waals surface area contributed by atoms with Crippen LogP contribution in [0.3, 0.4) is 0 Å². The molecule has 1 aliphatic carbocycles. The van der Waals surface area contributed by atoms with E-state index in [-0.39, 0.29) is 5.82 Å². The zero-order valence-electron chi connectivity index (χ0n) is 11.3. The molecule has 0 spiro atoms. The molecule has 3 rings (SSSR count). The summed E-state index contributed by atoms with van der Waals surface area (Å²) < 4.78 is 18.7. The maximum absolute atomic E-state index is 12.8. The molecule has 0 radical (unpaired) electrons. The van der Waals surface area contributed by atoms with Gasteiger partial charge in [0.15, 0.2) is 0 Å². The van der Waals surface area contributed by atoms with Gasteiger partial charge in [0, 0.05) is 18.2 Å². The van der Waals surface area contributed by atoms with Gasteiger partial charge in [-0.1, -0.05) is 30.3 Å². The summed E-state index contributed by atoms with van der Waals surface area (Å²) in [7, 11) is 0. The Kier molecular flexibility index (Phi) is 3.97. The van der Waals surface area contributed by atoms with Gasteiger partial charge < -0.3 is 10.1 Å². The molecule has 1 saturated carbocycles. The Balaban J connectivity index is 1.62. The van der Waals surface area contributed by atoms with Crippen molar-refractivity contribution in [2.24, 2.45) is 0 Å². The molecule has 1 aliphatic rings. The van der Waals surface area contributed by atoms with Gasteiger partial charge in [-0.3, -0.25) is 0 Å². The first-order valence-corrected chi connectivity index (χ1v) is 7.00. The van der Waals surface area contributed by atoms with Crippen molar-refractivity contribution in [3.05, 3.63) is 65.5 Å². The van der Waals surface area contributed by atoms with Gasteiger partial charge in [0.1, 0.15) is 18.2 Å². The van der Waals surface area contributed by atoms with Gasteiger partial charge in [-0.15, -0.1) is 0 Å². The molecule has 0 aliphatic heterocycles. The van der Waals surface area contributed by atoms with Crippen LogP contribution in [0.15, 0.2) is 48.5 Å². The Labute approximate surface area is 118 Å². The van der Waals surface area contributed by atoms with Gasteiger partial charge in [-0.2, -0.15) is 0 Å². The monoisotopic (exact) mass is 271 g/mol. The Morgan fingerprint density at radius 3 is 2.55 bits per heavy atom. The van der Waals surface area contributed by atoms with Crippen LogP contribution in [0.2, 0.25) is 0 Å². The van der Waals surface area contributed by atoms with Crippen molar-refractivity contribution < 1.29 is 9.13 Å². The van der Waals surface area contributed by atoms with Crippen molar-refractivity contribution in [3.8, 4) is 5.75 Å². The van der Waals surface area contributed by atoms with E-state index in [1.807, 2.05) is 18.2 Å². The summed E-state index contributed by atoms with van der Waals surface area (Å²) in [5.74, 6) is 0.674. The largest absolute Gasteiger partial charge is 0.489 e. The van der Waals surface area contributed by atoms with Crippen molar-refractivity contribution in [1.82, 2.24) is 5.32 Å². The molecular formula is C17H18FNO. The summed E-state index contributed by atoms with van der Waals surface area (Å²) in [5, 5.41) is 3.49. The number of hydrogen-bond donors (Lipinski definition) is 1. The first kappa shape index (κ1) is 13.1. The van der Waals surface area contributed by atoms with E-state index >= 15 is 0 Å². The maximum atomic E-state index is 12.8. The number of rotatable bonds is 6. The normalized spacial score (nSPS) is 14.2. The second-order valence-corrected chi connectivity index (χ2v) is 5.18. The maximum Gasteiger partial charge on any atom is 0.124 e. The fourth-order valence-electron chi connectivity index (χ4n) is 2.07. The first-order chi connectivity index (χ1) is 9.81. The molecule has 0 amide bonds. The molecule has 20 heavy (non-hydrogen) atoms. The summed E-state index contributed by atoms with van der Waals surface area (Å²) in [6, 6.07) is 15.2. The number of para-hydroxylation sites is 1. The zero-order valence-corrected chi connectivity index (χ0v) is 11.3. The Hall–Kier alpha value is -1.87. The molecule has 2 aromatic carbocycles. The molecule has 3 heteroatoms. The number of benzene rings is 2. The van der Waals surface area contributed by atoms with Gasteiger partial charge >= 0.3 is 0 Å². The highest BCUT2D eigenvalue weighted by molar-refractivity contribution is 5.33. The predicted molar refractivity (Wildman–Crippen MR) is 77.0 cm³/mol. The second-order valence-electron chi connectivity index (χ2n) is 5.18. The van der Waals surface area contributed by atoms with E-state index < -0.39 is 0 Å². The van der Waals surface area contributed by atoms with Crippen LogP contribution >= 0.6 is 0 Å². The smallest absolute Gasteiger partial charge is 0.124 e. The summed E-state index contributed by atoms with van der Waals surface area (Å²) in [4.78, 5) is 0. The average Bonchev–Trinajstić information content (AvgIpc) is 3.30. The number of nitrogens with one attached hydrogen (secondary N) is 1. The fourth-order valence-corrected chi connectivity index (χ4v) is 2.07. The molecular weight excluding hydrogens is 253 g/mol. The fraction of sp³-hybridized carbons (Fsp3) is 0.294. The lowest BCUT2D eigenvalue weighted by molar-refractivity contribution is 0.302. The van der Waals surface area contributed by atoms with Crippen LogP contribution in [0.25, 0.3) is 0 Å². The number of halogens is 1. The molecule has 104 valence electrons. The highest BCUT2D eigenvalue weighted by atomic mass is 19.1. The van der Waals surface area contributed by atoms with Crippen molar-refractivity contribution in [2.75, 3.05) is 0 Å². The molecule has 2 nitrogen and oxygen atoms in total. The molecule has 1 N–H and O–H groups in total. The van der Waals surface area contributed by atoms with Crippen LogP contribution in [0.5, 0.6) is 5.75 Å². The van der Waals surface area contributed by atoms with E-state index in [9.17, 15) is 4.39 Å².